The fourth-order valence-corrected chi connectivity index (χ4v) is 3.66. The van der Waals surface area contributed by atoms with Gasteiger partial charge in [0.05, 0.1) is 0 Å². The number of thioether (sulfide) groups is 1. The van der Waals surface area contributed by atoms with Gasteiger partial charge in [0.15, 0.2) is 0 Å². The third-order valence-corrected chi connectivity index (χ3v) is 4.35. The molecule has 0 saturated carbocycles. The average Bonchev–Trinajstić information content (AvgIpc) is 2.01. The first-order valence-electron chi connectivity index (χ1n) is 5.04. The van der Waals surface area contributed by atoms with Crippen LogP contribution in [-0.4, -0.2) is 35.5 Å². The topological polar surface area (TPSA) is 3.24 Å². The normalized spacial score (nSPS) is 29.2. The average molecular weight is 185 g/mol. The molecule has 2 aliphatic heterocycles. The maximum absolute atomic E-state index is 2.61. The monoisotopic (exact) mass is 185 g/mol. The fourth-order valence-electron chi connectivity index (χ4n) is 2.30. The predicted octanol–water partition coefficient (Wildman–Crippen LogP) is 2.22. The minimum Gasteiger partial charge on any atom is -0.300 e. The molecule has 0 radical (unpaired) electrons. The summed E-state index contributed by atoms with van der Waals surface area (Å²) in [5, 5.41) is 0. The van der Waals surface area contributed by atoms with Crippen LogP contribution in [0, 0.1) is 5.41 Å². The molecule has 0 aromatic rings. The first-order valence-corrected chi connectivity index (χ1v) is 6.19. The lowest BCUT2D eigenvalue weighted by molar-refractivity contribution is -0.0274. The molecule has 70 valence electrons. The molecule has 2 aliphatic rings. The van der Waals surface area contributed by atoms with Gasteiger partial charge in [0.2, 0.25) is 0 Å². The smallest absolute Gasteiger partial charge is 0.00538 e. The Labute approximate surface area is 79.9 Å². The molecule has 2 saturated heterocycles. The maximum atomic E-state index is 2.61. The Balaban J connectivity index is 1.84. The molecule has 12 heavy (non-hydrogen) atoms. The minimum atomic E-state index is 0.759. The zero-order valence-corrected chi connectivity index (χ0v) is 8.99. The summed E-state index contributed by atoms with van der Waals surface area (Å²) < 4.78 is 0. The van der Waals surface area contributed by atoms with E-state index in [-0.39, 0.29) is 0 Å². The molecule has 0 aromatic heterocycles. The summed E-state index contributed by atoms with van der Waals surface area (Å²) in [5.74, 6) is 2.82. The molecule has 0 unspecified atom stereocenters. The second-order valence-corrected chi connectivity index (χ2v) is 5.84. The van der Waals surface area contributed by atoms with E-state index in [1.54, 1.807) is 0 Å². The van der Waals surface area contributed by atoms with Gasteiger partial charge in [0.25, 0.3) is 0 Å². The van der Waals surface area contributed by atoms with Crippen LogP contribution in [0.1, 0.15) is 26.7 Å². The second-order valence-electron chi connectivity index (χ2n) is 4.61. The highest BCUT2D eigenvalue weighted by molar-refractivity contribution is 7.99. The van der Waals surface area contributed by atoms with Gasteiger partial charge in [-0.2, -0.15) is 11.8 Å². The van der Waals surface area contributed by atoms with Gasteiger partial charge in [0.1, 0.15) is 0 Å². The van der Waals surface area contributed by atoms with Gasteiger partial charge in [-0.3, -0.25) is 4.90 Å². The standard InChI is InChI=1S/C10H19NS/c1-9(2)11-7-10(8-11)3-5-12-6-4-10/h9H,3-8H2,1-2H3. The molecule has 2 heteroatoms. The fraction of sp³-hybridized carbons (Fsp3) is 1.00. The lowest BCUT2D eigenvalue weighted by Crippen LogP contribution is -2.59. The van der Waals surface area contributed by atoms with E-state index in [0.29, 0.717) is 0 Å². The lowest BCUT2D eigenvalue weighted by atomic mass is 9.74. The van der Waals surface area contributed by atoms with E-state index < -0.39 is 0 Å². The van der Waals surface area contributed by atoms with Crippen LogP contribution in [0.4, 0.5) is 0 Å². The van der Waals surface area contributed by atoms with Gasteiger partial charge in [-0.05, 0) is 43.6 Å². The largest absolute Gasteiger partial charge is 0.300 e. The quantitative estimate of drug-likeness (QED) is 0.616. The molecule has 0 N–H and O–H groups in total. The molecule has 0 aromatic carbocycles. The van der Waals surface area contributed by atoms with Gasteiger partial charge in [-0.15, -0.1) is 0 Å². The summed E-state index contributed by atoms with van der Waals surface area (Å²) in [5.41, 5.74) is 0.759. The Morgan fingerprint density at radius 3 is 2.25 bits per heavy atom. The second kappa shape index (κ2) is 3.22. The molecule has 2 heterocycles. The Hall–Kier alpha value is 0.310. The number of rotatable bonds is 1. The Morgan fingerprint density at radius 2 is 1.75 bits per heavy atom. The molecule has 1 nitrogen and oxygen atoms in total. The van der Waals surface area contributed by atoms with Crippen molar-refractivity contribution >= 4 is 11.8 Å². The molecule has 0 atom stereocenters. The van der Waals surface area contributed by atoms with Crippen molar-refractivity contribution < 1.29 is 0 Å². The molecule has 1 spiro atoms. The van der Waals surface area contributed by atoms with Gasteiger partial charge in [-0.25, -0.2) is 0 Å². The molecule has 2 rings (SSSR count). The van der Waals surface area contributed by atoms with Gasteiger partial charge >= 0.3 is 0 Å². The van der Waals surface area contributed by atoms with Crippen molar-refractivity contribution in [2.24, 2.45) is 5.41 Å². The molecule has 0 aliphatic carbocycles. The van der Waals surface area contributed by atoms with Gasteiger partial charge in [0, 0.05) is 19.1 Å². The van der Waals surface area contributed by atoms with Crippen molar-refractivity contribution in [3.05, 3.63) is 0 Å². The van der Waals surface area contributed by atoms with Crippen molar-refractivity contribution in [3.63, 3.8) is 0 Å². The van der Waals surface area contributed by atoms with E-state index in [1.807, 2.05) is 0 Å². The summed E-state index contributed by atoms with van der Waals surface area (Å²) >= 11 is 2.14. The molecule has 0 bridgehead atoms. The molecule has 2 fully saturated rings. The van der Waals surface area contributed by atoms with E-state index in [0.717, 1.165) is 11.5 Å². The van der Waals surface area contributed by atoms with Crippen LogP contribution >= 0.6 is 11.8 Å². The lowest BCUT2D eigenvalue weighted by Gasteiger charge is -2.54. The van der Waals surface area contributed by atoms with E-state index in [4.69, 9.17) is 0 Å². The van der Waals surface area contributed by atoms with Gasteiger partial charge < -0.3 is 0 Å². The summed E-state index contributed by atoms with van der Waals surface area (Å²) in [7, 11) is 0. The highest BCUT2D eigenvalue weighted by atomic mass is 32.2. The van der Waals surface area contributed by atoms with Crippen molar-refractivity contribution in [1.82, 2.24) is 4.90 Å². The van der Waals surface area contributed by atoms with Crippen LogP contribution in [-0.2, 0) is 0 Å². The molecule has 0 amide bonds. The zero-order valence-electron chi connectivity index (χ0n) is 8.18. The van der Waals surface area contributed by atoms with E-state index in [9.17, 15) is 0 Å². The maximum Gasteiger partial charge on any atom is 0.00538 e. The van der Waals surface area contributed by atoms with E-state index in [2.05, 4.69) is 30.5 Å². The van der Waals surface area contributed by atoms with Crippen LogP contribution in [0.25, 0.3) is 0 Å². The van der Waals surface area contributed by atoms with Crippen molar-refractivity contribution in [1.29, 1.82) is 0 Å². The SMILES string of the molecule is CC(C)N1CC2(CCSCC2)C1. The van der Waals surface area contributed by atoms with Crippen LogP contribution in [0.3, 0.4) is 0 Å². The van der Waals surface area contributed by atoms with E-state index >= 15 is 0 Å². The van der Waals surface area contributed by atoms with Crippen molar-refractivity contribution in [3.8, 4) is 0 Å². The third-order valence-electron chi connectivity index (χ3n) is 3.36. The van der Waals surface area contributed by atoms with Crippen LogP contribution in [0.15, 0.2) is 0 Å². The van der Waals surface area contributed by atoms with Crippen LogP contribution < -0.4 is 0 Å². The Bertz CT molecular complexity index is 153. The summed E-state index contributed by atoms with van der Waals surface area (Å²) in [6, 6.07) is 0.769. The third kappa shape index (κ3) is 1.51. The minimum absolute atomic E-state index is 0.759. The molecular weight excluding hydrogens is 166 g/mol. The number of hydrogen-bond donors (Lipinski definition) is 0. The summed E-state index contributed by atoms with van der Waals surface area (Å²) in [6.45, 7) is 7.38. The van der Waals surface area contributed by atoms with Crippen molar-refractivity contribution in [2.45, 2.75) is 32.7 Å². The zero-order chi connectivity index (χ0) is 8.60. The Morgan fingerprint density at radius 1 is 1.17 bits per heavy atom. The van der Waals surface area contributed by atoms with Crippen LogP contribution in [0.2, 0.25) is 0 Å². The summed E-state index contributed by atoms with van der Waals surface area (Å²) in [6.07, 6.45) is 2.95. The van der Waals surface area contributed by atoms with Crippen molar-refractivity contribution in [2.75, 3.05) is 24.6 Å². The first kappa shape index (κ1) is 8.89. The Kier molecular flexibility index (Phi) is 2.39. The highest BCUT2D eigenvalue weighted by Crippen LogP contribution is 2.43. The summed E-state index contributed by atoms with van der Waals surface area (Å²) in [4.78, 5) is 2.61. The molecular formula is C10H19NS. The number of nitrogens with zero attached hydrogens (tertiary/aromatic N) is 1. The highest BCUT2D eigenvalue weighted by Gasteiger charge is 2.43. The first-order chi connectivity index (χ1) is 5.72. The number of hydrogen-bond acceptors (Lipinski definition) is 2. The number of likely N-dealkylation sites (tertiary alicyclic amines) is 1. The van der Waals surface area contributed by atoms with Gasteiger partial charge in [-0.1, -0.05) is 0 Å². The predicted molar refractivity (Wildman–Crippen MR) is 55.7 cm³/mol. The van der Waals surface area contributed by atoms with E-state index in [1.165, 1.54) is 37.4 Å². The van der Waals surface area contributed by atoms with Crippen LogP contribution in [0.5, 0.6) is 0 Å².